The molecule has 0 spiro atoms. The lowest BCUT2D eigenvalue weighted by Gasteiger charge is -2.10. The highest BCUT2D eigenvalue weighted by molar-refractivity contribution is 7.18. The molecule has 0 aliphatic rings. The van der Waals surface area contributed by atoms with Crippen LogP contribution in [0.1, 0.15) is 25.6 Å². The number of rotatable bonds is 5. The third-order valence-corrected chi connectivity index (χ3v) is 4.04. The maximum atomic E-state index is 12.2. The predicted molar refractivity (Wildman–Crippen MR) is 85.6 cm³/mol. The highest BCUT2D eigenvalue weighted by atomic mass is 32.1. The first-order chi connectivity index (χ1) is 10.2. The van der Waals surface area contributed by atoms with Crippen LogP contribution in [0.25, 0.3) is 0 Å². The normalized spacial score (nSPS) is 10.5. The summed E-state index contributed by atoms with van der Waals surface area (Å²) < 4.78 is 4.76. The summed E-state index contributed by atoms with van der Waals surface area (Å²) in [6.07, 6.45) is 0. The molecule has 2 amide bonds. The number of nitrogens with one attached hydrogen (secondary N) is 1. The molecule has 0 aromatic carbocycles. The van der Waals surface area contributed by atoms with Gasteiger partial charge in [-0.3, -0.25) is 9.59 Å². The van der Waals surface area contributed by atoms with Crippen molar-refractivity contribution >= 4 is 34.1 Å². The second-order valence-corrected chi connectivity index (χ2v) is 6.26. The molecule has 0 aliphatic carbocycles. The second-order valence-electron chi connectivity index (χ2n) is 5.24. The molecule has 1 heterocycles. The van der Waals surface area contributed by atoms with Crippen LogP contribution >= 0.6 is 11.3 Å². The highest BCUT2D eigenvalue weighted by Gasteiger charge is 2.26. The zero-order chi connectivity index (χ0) is 17.0. The van der Waals surface area contributed by atoms with Gasteiger partial charge in [0.25, 0.3) is 5.91 Å². The van der Waals surface area contributed by atoms with Crippen molar-refractivity contribution in [3.63, 3.8) is 0 Å². The van der Waals surface area contributed by atoms with Crippen LogP contribution in [0.2, 0.25) is 0 Å². The van der Waals surface area contributed by atoms with E-state index in [-0.39, 0.29) is 23.9 Å². The summed E-state index contributed by atoms with van der Waals surface area (Å²) in [7, 11) is 8.05. The van der Waals surface area contributed by atoms with Crippen LogP contribution in [0.5, 0.6) is 0 Å². The van der Waals surface area contributed by atoms with Crippen molar-refractivity contribution in [2.45, 2.75) is 6.92 Å². The van der Waals surface area contributed by atoms with Gasteiger partial charge in [0.05, 0.1) is 24.1 Å². The molecular weight excluding hydrogens is 306 g/mol. The van der Waals surface area contributed by atoms with E-state index in [1.165, 1.54) is 12.0 Å². The molecule has 1 rings (SSSR count). The van der Waals surface area contributed by atoms with E-state index in [0.29, 0.717) is 15.4 Å². The maximum Gasteiger partial charge on any atom is 0.341 e. The van der Waals surface area contributed by atoms with Crippen LogP contribution in [-0.2, 0) is 9.53 Å². The lowest BCUT2D eigenvalue weighted by molar-refractivity contribution is -0.116. The number of ether oxygens (including phenoxy) is 1. The van der Waals surface area contributed by atoms with Crippen LogP contribution in [0.15, 0.2) is 0 Å². The van der Waals surface area contributed by atoms with Crippen LogP contribution in [0, 0.1) is 6.92 Å². The smallest absolute Gasteiger partial charge is 0.341 e. The van der Waals surface area contributed by atoms with Crippen LogP contribution in [0.3, 0.4) is 0 Å². The van der Waals surface area contributed by atoms with Gasteiger partial charge in [0.1, 0.15) is 5.00 Å². The lowest BCUT2D eigenvalue weighted by Crippen LogP contribution is -2.27. The Kier molecular flexibility index (Phi) is 6.07. The first-order valence-corrected chi connectivity index (χ1v) is 7.38. The van der Waals surface area contributed by atoms with Gasteiger partial charge in [-0.1, -0.05) is 0 Å². The first kappa shape index (κ1) is 18.1. The Morgan fingerprint density at radius 1 is 1.18 bits per heavy atom. The molecule has 1 aromatic heterocycles. The van der Waals surface area contributed by atoms with Gasteiger partial charge in [-0.2, -0.15) is 0 Å². The van der Waals surface area contributed by atoms with Gasteiger partial charge in [-0.05, 0) is 26.6 Å². The van der Waals surface area contributed by atoms with E-state index in [9.17, 15) is 14.4 Å². The summed E-state index contributed by atoms with van der Waals surface area (Å²) in [6, 6.07) is 0. The standard InChI is InChI=1S/C14H21N3O4S/c1-8-10(14(20)21-6)12(15-9(18)7-16(2)3)22-11(8)13(19)17(4)5/h7H2,1-6H3,(H,15,18). The van der Waals surface area contributed by atoms with Crippen molar-refractivity contribution in [2.75, 3.05) is 47.2 Å². The second kappa shape index (κ2) is 7.37. The van der Waals surface area contributed by atoms with Gasteiger partial charge in [-0.25, -0.2) is 4.79 Å². The molecule has 0 aliphatic heterocycles. The number of anilines is 1. The Bertz CT molecular complexity index is 593. The number of amides is 2. The summed E-state index contributed by atoms with van der Waals surface area (Å²) in [5, 5.41) is 3.01. The molecule has 0 bridgehead atoms. The van der Waals surface area contributed by atoms with Gasteiger partial charge in [0.15, 0.2) is 0 Å². The molecule has 7 nitrogen and oxygen atoms in total. The van der Waals surface area contributed by atoms with Crippen molar-refractivity contribution in [1.29, 1.82) is 0 Å². The molecular formula is C14H21N3O4S. The summed E-state index contributed by atoms with van der Waals surface area (Å²) in [5.74, 6) is -1.06. The fraction of sp³-hybridized carbons (Fsp3) is 0.500. The van der Waals surface area contributed by atoms with Gasteiger partial charge >= 0.3 is 5.97 Å². The predicted octanol–water partition coefficient (Wildman–Crippen LogP) is 1.05. The number of esters is 1. The summed E-state index contributed by atoms with van der Waals surface area (Å²) in [6.45, 7) is 1.84. The average molecular weight is 327 g/mol. The van der Waals surface area contributed by atoms with Crippen molar-refractivity contribution in [1.82, 2.24) is 9.80 Å². The quantitative estimate of drug-likeness (QED) is 0.818. The molecule has 0 saturated heterocycles. The van der Waals surface area contributed by atoms with Gasteiger partial charge in [-0.15, -0.1) is 11.3 Å². The first-order valence-electron chi connectivity index (χ1n) is 6.57. The van der Waals surface area contributed by atoms with E-state index < -0.39 is 5.97 Å². The third-order valence-electron chi connectivity index (χ3n) is 2.85. The average Bonchev–Trinajstić information content (AvgIpc) is 2.72. The highest BCUT2D eigenvalue weighted by Crippen LogP contribution is 2.34. The minimum Gasteiger partial charge on any atom is -0.465 e. The number of nitrogens with zero attached hydrogens (tertiary/aromatic N) is 2. The Hall–Kier alpha value is -1.93. The topological polar surface area (TPSA) is 79.0 Å². The number of carbonyl (C=O) groups excluding carboxylic acids is 3. The molecule has 0 fully saturated rings. The van der Waals surface area contributed by atoms with E-state index in [4.69, 9.17) is 4.74 Å². The summed E-state index contributed by atoms with van der Waals surface area (Å²) in [4.78, 5) is 39.6. The Morgan fingerprint density at radius 3 is 2.23 bits per heavy atom. The Labute approximate surface area is 133 Å². The van der Waals surface area contributed by atoms with Gasteiger partial charge in [0.2, 0.25) is 5.91 Å². The van der Waals surface area contributed by atoms with E-state index >= 15 is 0 Å². The number of hydrogen-bond donors (Lipinski definition) is 1. The number of methoxy groups -OCH3 is 1. The molecule has 122 valence electrons. The summed E-state index contributed by atoms with van der Waals surface area (Å²) >= 11 is 1.08. The number of likely N-dealkylation sites (N-methyl/N-ethyl adjacent to an activating group) is 1. The van der Waals surface area contributed by atoms with Gasteiger partial charge < -0.3 is 19.9 Å². The third kappa shape index (κ3) is 4.05. The van der Waals surface area contributed by atoms with Crippen molar-refractivity contribution in [3.05, 3.63) is 16.0 Å². The van der Waals surface area contributed by atoms with Crippen molar-refractivity contribution in [2.24, 2.45) is 0 Å². The molecule has 1 N–H and O–H groups in total. The maximum absolute atomic E-state index is 12.2. The molecule has 8 heteroatoms. The minimum atomic E-state index is -0.577. The summed E-state index contributed by atoms with van der Waals surface area (Å²) in [5.41, 5.74) is 0.737. The molecule has 0 atom stereocenters. The van der Waals surface area contributed by atoms with E-state index in [1.54, 1.807) is 40.0 Å². The zero-order valence-corrected chi connectivity index (χ0v) is 14.5. The van der Waals surface area contributed by atoms with E-state index in [2.05, 4.69) is 5.32 Å². The van der Waals surface area contributed by atoms with Crippen LogP contribution < -0.4 is 5.32 Å². The van der Waals surface area contributed by atoms with E-state index in [0.717, 1.165) is 11.3 Å². The minimum absolute atomic E-state index is 0.175. The Morgan fingerprint density at radius 2 is 1.77 bits per heavy atom. The lowest BCUT2D eigenvalue weighted by atomic mass is 10.1. The fourth-order valence-corrected chi connectivity index (χ4v) is 3.04. The van der Waals surface area contributed by atoms with Crippen molar-refractivity contribution in [3.8, 4) is 0 Å². The molecule has 0 unspecified atom stereocenters. The molecule has 0 saturated carbocycles. The number of hydrogen-bond acceptors (Lipinski definition) is 6. The Balaban J connectivity index is 3.25. The van der Waals surface area contributed by atoms with Gasteiger partial charge in [0, 0.05) is 14.1 Å². The van der Waals surface area contributed by atoms with Crippen LogP contribution in [0.4, 0.5) is 5.00 Å². The fourth-order valence-electron chi connectivity index (χ4n) is 1.81. The largest absolute Gasteiger partial charge is 0.465 e. The zero-order valence-electron chi connectivity index (χ0n) is 13.6. The molecule has 22 heavy (non-hydrogen) atoms. The van der Waals surface area contributed by atoms with Crippen molar-refractivity contribution < 1.29 is 19.1 Å². The number of carbonyl (C=O) groups is 3. The number of thiophene rings is 1. The molecule has 1 aromatic rings. The van der Waals surface area contributed by atoms with Crippen LogP contribution in [-0.4, -0.2) is 69.4 Å². The SMILES string of the molecule is COC(=O)c1c(NC(=O)CN(C)C)sc(C(=O)N(C)C)c1C. The molecule has 0 radical (unpaired) electrons. The van der Waals surface area contributed by atoms with E-state index in [1.807, 2.05) is 0 Å². The monoisotopic (exact) mass is 327 g/mol.